The molecule has 0 bridgehead atoms. The maximum Gasteiger partial charge on any atom is 0.434 e. The lowest BCUT2D eigenvalue weighted by atomic mass is 10.3. The van der Waals surface area contributed by atoms with Gasteiger partial charge in [-0.3, -0.25) is 9.82 Å². The van der Waals surface area contributed by atoms with Gasteiger partial charge in [-0.25, -0.2) is 4.79 Å². The van der Waals surface area contributed by atoms with E-state index in [0.717, 1.165) is 17.2 Å². The fraction of sp³-hybridized carbons (Fsp3) is 0.455. The average Bonchev–Trinajstić information content (AvgIpc) is 2.34. The maximum absolute atomic E-state index is 11.5. The number of hydrogen-bond donors (Lipinski definition) is 0. The fourth-order valence-corrected chi connectivity index (χ4v) is 1.10. The van der Waals surface area contributed by atoms with E-state index in [1.807, 2.05) is 25.1 Å². The number of amides is 1. The average molecular weight is 224 g/mol. The minimum atomic E-state index is -0.491. The van der Waals surface area contributed by atoms with E-state index in [9.17, 15) is 4.79 Å². The number of pyridine rings is 1. The van der Waals surface area contributed by atoms with Crippen molar-refractivity contribution >= 4 is 6.09 Å². The Labute approximate surface area is 94.9 Å². The Morgan fingerprint density at radius 2 is 2.31 bits per heavy atom. The standard InChI is InChI=1S/C11H16N2O3/c1-3-8-16-11(14)13(15-2)9-10-6-4-5-7-12-10/h4-7H,3,8-9H2,1-2H3. The van der Waals surface area contributed by atoms with E-state index < -0.39 is 6.09 Å². The second-order valence-corrected chi connectivity index (χ2v) is 3.15. The fourth-order valence-electron chi connectivity index (χ4n) is 1.10. The molecule has 0 aliphatic carbocycles. The summed E-state index contributed by atoms with van der Waals surface area (Å²) < 4.78 is 4.95. The summed E-state index contributed by atoms with van der Waals surface area (Å²) >= 11 is 0. The van der Waals surface area contributed by atoms with Gasteiger partial charge in [-0.15, -0.1) is 0 Å². The Kier molecular flexibility index (Phi) is 5.28. The summed E-state index contributed by atoms with van der Waals surface area (Å²) in [4.78, 5) is 20.5. The van der Waals surface area contributed by atoms with Gasteiger partial charge in [0.05, 0.1) is 26.0 Å². The van der Waals surface area contributed by atoms with Crippen molar-refractivity contribution in [2.24, 2.45) is 0 Å². The normalized spacial score (nSPS) is 9.88. The summed E-state index contributed by atoms with van der Waals surface area (Å²) in [5.41, 5.74) is 0.748. The van der Waals surface area contributed by atoms with Crippen molar-refractivity contribution < 1.29 is 14.4 Å². The molecule has 5 heteroatoms. The largest absolute Gasteiger partial charge is 0.448 e. The zero-order chi connectivity index (χ0) is 11.8. The van der Waals surface area contributed by atoms with Gasteiger partial charge in [-0.1, -0.05) is 13.0 Å². The lowest BCUT2D eigenvalue weighted by molar-refractivity contribution is -0.117. The Morgan fingerprint density at radius 1 is 1.50 bits per heavy atom. The van der Waals surface area contributed by atoms with E-state index in [-0.39, 0.29) is 6.54 Å². The number of nitrogens with zero attached hydrogens (tertiary/aromatic N) is 2. The van der Waals surface area contributed by atoms with Gasteiger partial charge in [-0.05, 0) is 18.6 Å². The first-order chi connectivity index (χ1) is 7.77. The molecule has 0 N–H and O–H groups in total. The van der Waals surface area contributed by atoms with Crippen molar-refractivity contribution in [2.75, 3.05) is 13.7 Å². The smallest absolute Gasteiger partial charge is 0.434 e. The van der Waals surface area contributed by atoms with Gasteiger partial charge in [0.1, 0.15) is 0 Å². The number of rotatable bonds is 5. The van der Waals surface area contributed by atoms with Crippen molar-refractivity contribution in [1.29, 1.82) is 0 Å². The topological polar surface area (TPSA) is 51.7 Å². The van der Waals surface area contributed by atoms with Crippen LogP contribution in [0.1, 0.15) is 19.0 Å². The molecular formula is C11H16N2O3. The van der Waals surface area contributed by atoms with Crippen LogP contribution in [0.2, 0.25) is 0 Å². The predicted molar refractivity (Wildman–Crippen MR) is 58.4 cm³/mol. The van der Waals surface area contributed by atoms with Crippen LogP contribution in [0.4, 0.5) is 4.79 Å². The molecule has 0 saturated carbocycles. The molecule has 0 radical (unpaired) electrons. The van der Waals surface area contributed by atoms with Gasteiger partial charge < -0.3 is 4.74 Å². The zero-order valence-corrected chi connectivity index (χ0v) is 9.55. The molecule has 88 valence electrons. The molecular weight excluding hydrogens is 208 g/mol. The summed E-state index contributed by atoms with van der Waals surface area (Å²) in [5, 5.41) is 1.14. The third-order valence-corrected chi connectivity index (χ3v) is 1.89. The summed E-state index contributed by atoms with van der Waals surface area (Å²) in [5.74, 6) is 0. The van der Waals surface area contributed by atoms with E-state index >= 15 is 0 Å². The number of hydroxylamine groups is 2. The lowest BCUT2D eigenvalue weighted by Gasteiger charge is -2.18. The summed E-state index contributed by atoms with van der Waals surface area (Å²) in [7, 11) is 1.43. The van der Waals surface area contributed by atoms with Crippen molar-refractivity contribution in [3.05, 3.63) is 30.1 Å². The van der Waals surface area contributed by atoms with Gasteiger partial charge >= 0.3 is 6.09 Å². The molecule has 5 nitrogen and oxygen atoms in total. The highest BCUT2D eigenvalue weighted by Gasteiger charge is 2.15. The molecule has 0 unspecified atom stereocenters. The lowest BCUT2D eigenvalue weighted by Crippen LogP contribution is -2.30. The first-order valence-corrected chi connectivity index (χ1v) is 5.16. The molecule has 0 aliphatic heterocycles. The number of ether oxygens (including phenoxy) is 1. The second kappa shape index (κ2) is 6.79. The van der Waals surface area contributed by atoms with Crippen molar-refractivity contribution in [3.8, 4) is 0 Å². The van der Waals surface area contributed by atoms with Crippen LogP contribution in [0.15, 0.2) is 24.4 Å². The molecule has 0 fully saturated rings. The summed E-state index contributed by atoms with van der Waals surface area (Å²) in [6, 6.07) is 5.49. The Morgan fingerprint density at radius 3 is 2.88 bits per heavy atom. The van der Waals surface area contributed by atoms with Gasteiger partial charge in [0.15, 0.2) is 0 Å². The van der Waals surface area contributed by atoms with Gasteiger partial charge in [0.25, 0.3) is 0 Å². The van der Waals surface area contributed by atoms with E-state index in [4.69, 9.17) is 9.57 Å². The zero-order valence-electron chi connectivity index (χ0n) is 9.55. The van der Waals surface area contributed by atoms with Gasteiger partial charge in [-0.2, -0.15) is 5.06 Å². The molecule has 1 aromatic rings. The second-order valence-electron chi connectivity index (χ2n) is 3.15. The molecule has 1 rings (SSSR count). The van der Waals surface area contributed by atoms with Gasteiger partial charge in [0.2, 0.25) is 0 Å². The monoisotopic (exact) mass is 224 g/mol. The molecule has 1 amide bonds. The SMILES string of the molecule is CCCOC(=O)N(Cc1ccccn1)OC. The van der Waals surface area contributed by atoms with Crippen molar-refractivity contribution in [2.45, 2.75) is 19.9 Å². The first-order valence-electron chi connectivity index (χ1n) is 5.16. The molecule has 0 aliphatic rings. The number of carbonyl (C=O) groups is 1. The van der Waals surface area contributed by atoms with Crippen LogP contribution in [0.25, 0.3) is 0 Å². The van der Waals surface area contributed by atoms with Crippen LogP contribution in [0, 0.1) is 0 Å². The van der Waals surface area contributed by atoms with E-state index in [2.05, 4.69) is 4.98 Å². The van der Waals surface area contributed by atoms with Gasteiger partial charge in [0, 0.05) is 6.20 Å². The highest BCUT2D eigenvalue weighted by Crippen LogP contribution is 2.03. The van der Waals surface area contributed by atoms with Crippen LogP contribution >= 0.6 is 0 Å². The Balaban J connectivity index is 2.52. The summed E-state index contributed by atoms with van der Waals surface area (Å²) in [6.07, 6.45) is 1.96. The molecule has 0 atom stereocenters. The van der Waals surface area contributed by atoms with Crippen molar-refractivity contribution in [3.63, 3.8) is 0 Å². The predicted octanol–water partition coefficient (Wildman–Crippen LogP) is 1.99. The van der Waals surface area contributed by atoms with Crippen molar-refractivity contribution in [1.82, 2.24) is 10.0 Å². The first kappa shape index (κ1) is 12.4. The molecule has 1 heterocycles. The van der Waals surface area contributed by atoms with Crippen LogP contribution in [-0.2, 0) is 16.1 Å². The van der Waals surface area contributed by atoms with Crippen LogP contribution < -0.4 is 0 Å². The maximum atomic E-state index is 11.5. The minimum Gasteiger partial charge on any atom is -0.448 e. The molecule has 0 saturated heterocycles. The van der Waals surface area contributed by atoms with E-state index in [0.29, 0.717) is 6.61 Å². The Bertz CT molecular complexity index is 316. The number of hydrogen-bond acceptors (Lipinski definition) is 4. The highest BCUT2D eigenvalue weighted by molar-refractivity contribution is 5.66. The highest BCUT2D eigenvalue weighted by atomic mass is 16.7. The van der Waals surface area contributed by atoms with Crippen LogP contribution in [-0.4, -0.2) is 29.9 Å². The van der Waals surface area contributed by atoms with E-state index in [1.54, 1.807) is 6.20 Å². The summed E-state index contributed by atoms with van der Waals surface area (Å²) in [6.45, 7) is 2.60. The Hall–Kier alpha value is -1.62. The van der Waals surface area contributed by atoms with Crippen LogP contribution in [0.3, 0.4) is 0 Å². The minimum absolute atomic E-state index is 0.278. The molecule has 0 aromatic carbocycles. The number of aromatic nitrogens is 1. The number of carbonyl (C=O) groups excluding carboxylic acids is 1. The van der Waals surface area contributed by atoms with E-state index in [1.165, 1.54) is 7.11 Å². The quantitative estimate of drug-likeness (QED) is 0.718. The molecule has 0 spiro atoms. The molecule has 1 aromatic heterocycles. The third kappa shape index (κ3) is 3.86. The molecule has 16 heavy (non-hydrogen) atoms. The van der Waals surface area contributed by atoms with Crippen LogP contribution in [0.5, 0.6) is 0 Å². The third-order valence-electron chi connectivity index (χ3n) is 1.89.